The van der Waals surface area contributed by atoms with Gasteiger partial charge in [0.1, 0.15) is 9.79 Å². The first-order valence-electron chi connectivity index (χ1n) is 6.62. The molecule has 0 atom stereocenters. The summed E-state index contributed by atoms with van der Waals surface area (Å²) in [5.41, 5.74) is -0.0371. The predicted octanol–water partition coefficient (Wildman–Crippen LogP) is 0.364. The standard InChI is InChI=1S/C13H20N2O6S2/c1-6-21-13(16)10-7-8-11(22(17,18)14(2)3)12(9-10)23(19,20)15(4)5/h7-9H,6H2,1-5H3. The zero-order chi connectivity index (χ0) is 18.0. The maximum atomic E-state index is 12.4. The Labute approximate surface area is 136 Å². The molecule has 0 spiro atoms. The molecular formula is C13H20N2O6S2. The molecule has 1 aromatic rings. The van der Waals surface area contributed by atoms with Gasteiger partial charge in [0.15, 0.2) is 0 Å². The van der Waals surface area contributed by atoms with Crippen molar-refractivity contribution in [2.75, 3.05) is 34.8 Å². The summed E-state index contributed by atoms with van der Waals surface area (Å²) < 4.78 is 56.2. The Kier molecular flexibility index (Phi) is 5.91. The molecule has 23 heavy (non-hydrogen) atoms. The summed E-state index contributed by atoms with van der Waals surface area (Å²) in [6.45, 7) is 1.73. The van der Waals surface area contributed by atoms with Crippen molar-refractivity contribution in [3.63, 3.8) is 0 Å². The average Bonchev–Trinajstić information content (AvgIpc) is 2.46. The number of nitrogens with zero attached hydrogens (tertiary/aromatic N) is 2. The molecule has 0 aliphatic rings. The van der Waals surface area contributed by atoms with Gasteiger partial charge in [-0.25, -0.2) is 30.2 Å². The van der Waals surface area contributed by atoms with E-state index in [0.717, 1.165) is 20.7 Å². The lowest BCUT2D eigenvalue weighted by Gasteiger charge is -2.18. The van der Waals surface area contributed by atoms with E-state index in [1.807, 2.05) is 0 Å². The molecule has 0 heterocycles. The normalized spacial score (nSPS) is 12.7. The number of rotatable bonds is 6. The molecule has 0 aromatic heterocycles. The number of benzene rings is 1. The molecule has 0 aliphatic carbocycles. The molecule has 0 amide bonds. The second-order valence-electron chi connectivity index (χ2n) is 4.96. The van der Waals surface area contributed by atoms with Gasteiger partial charge >= 0.3 is 5.97 Å². The summed E-state index contributed by atoms with van der Waals surface area (Å²) in [6, 6.07) is 3.34. The number of esters is 1. The van der Waals surface area contributed by atoms with Crippen LogP contribution in [0.2, 0.25) is 0 Å². The quantitative estimate of drug-likeness (QED) is 0.676. The van der Waals surface area contributed by atoms with Gasteiger partial charge < -0.3 is 4.74 Å². The van der Waals surface area contributed by atoms with Crippen LogP contribution in [0.15, 0.2) is 28.0 Å². The third-order valence-corrected chi connectivity index (χ3v) is 6.83. The summed E-state index contributed by atoms with van der Waals surface area (Å²) in [5, 5.41) is 0. The SMILES string of the molecule is CCOC(=O)c1ccc(S(=O)(=O)N(C)C)c(S(=O)(=O)N(C)C)c1. The number of ether oxygens (including phenoxy) is 1. The monoisotopic (exact) mass is 364 g/mol. The smallest absolute Gasteiger partial charge is 0.338 e. The van der Waals surface area contributed by atoms with Gasteiger partial charge in [-0.3, -0.25) is 0 Å². The molecule has 0 fully saturated rings. The first-order valence-corrected chi connectivity index (χ1v) is 9.50. The van der Waals surface area contributed by atoms with Gasteiger partial charge in [-0.2, -0.15) is 0 Å². The van der Waals surface area contributed by atoms with Gasteiger partial charge in [0.05, 0.1) is 12.2 Å². The van der Waals surface area contributed by atoms with E-state index >= 15 is 0 Å². The van der Waals surface area contributed by atoms with Crippen LogP contribution in [0.25, 0.3) is 0 Å². The summed E-state index contributed by atoms with van der Waals surface area (Å²) in [4.78, 5) is 10.9. The van der Waals surface area contributed by atoms with E-state index in [9.17, 15) is 21.6 Å². The number of sulfonamides is 2. The molecule has 0 bridgehead atoms. The van der Waals surface area contributed by atoms with Gasteiger partial charge in [0.25, 0.3) is 0 Å². The lowest BCUT2D eigenvalue weighted by atomic mass is 10.2. The summed E-state index contributed by atoms with van der Waals surface area (Å²) in [5.74, 6) is -0.725. The molecule has 0 aliphatic heterocycles. The van der Waals surface area contributed by atoms with Crippen LogP contribution in [0.4, 0.5) is 0 Å². The van der Waals surface area contributed by atoms with Crippen LogP contribution >= 0.6 is 0 Å². The minimum atomic E-state index is -4.08. The van der Waals surface area contributed by atoms with Crippen LogP contribution < -0.4 is 0 Å². The first-order chi connectivity index (χ1) is 10.5. The van der Waals surface area contributed by atoms with Crippen molar-refractivity contribution in [2.24, 2.45) is 0 Å². The van der Waals surface area contributed by atoms with E-state index in [2.05, 4.69) is 0 Å². The molecule has 0 saturated carbocycles. The molecule has 1 aromatic carbocycles. The van der Waals surface area contributed by atoms with Crippen molar-refractivity contribution in [1.29, 1.82) is 0 Å². The fourth-order valence-corrected chi connectivity index (χ4v) is 4.23. The van der Waals surface area contributed by atoms with Gasteiger partial charge in [0, 0.05) is 28.2 Å². The Balaban J connectivity index is 3.71. The first kappa shape index (κ1) is 19.6. The van der Waals surface area contributed by atoms with Crippen molar-refractivity contribution >= 4 is 26.0 Å². The highest BCUT2D eigenvalue weighted by atomic mass is 32.2. The second-order valence-corrected chi connectivity index (χ2v) is 9.20. The lowest BCUT2D eigenvalue weighted by molar-refractivity contribution is 0.0526. The van der Waals surface area contributed by atoms with Gasteiger partial charge in [-0.15, -0.1) is 0 Å². The maximum Gasteiger partial charge on any atom is 0.338 e. The Bertz CT molecular complexity index is 798. The fourth-order valence-electron chi connectivity index (χ4n) is 1.66. The van der Waals surface area contributed by atoms with Crippen LogP contribution in [0.5, 0.6) is 0 Å². The summed E-state index contributed by atoms with van der Waals surface area (Å²) in [7, 11) is -2.94. The molecule has 0 unspecified atom stereocenters. The van der Waals surface area contributed by atoms with Crippen LogP contribution in [0.1, 0.15) is 17.3 Å². The second kappa shape index (κ2) is 6.95. The average molecular weight is 364 g/mol. The van der Waals surface area contributed by atoms with Crippen molar-refractivity contribution < 1.29 is 26.4 Å². The minimum absolute atomic E-state index is 0.0371. The summed E-state index contributed by atoms with van der Waals surface area (Å²) >= 11 is 0. The molecule has 1 rings (SSSR count). The molecular weight excluding hydrogens is 344 g/mol. The number of carbonyl (C=O) groups excluding carboxylic acids is 1. The Morgan fingerprint density at radius 1 is 0.957 bits per heavy atom. The van der Waals surface area contributed by atoms with E-state index in [1.165, 1.54) is 34.3 Å². The van der Waals surface area contributed by atoms with E-state index in [-0.39, 0.29) is 12.2 Å². The summed E-state index contributed by atoms with van der Waals surface area (Å²) in [6.07, 6.45) is 0. The highest BCUT2D eigenvalue weighted by molar-refractivity contribution is 7.92. The lowest BCUT2D eigenvalue weighted by Crippen LogP contribution is -2.28. The molecule has 8 nitrogen and oxygen atoms in total. The zero-order valence-electron chi connectivity index (χ0n) is 13.6. The zero-order valence-corrected chi connectivity index (χ0v) is 15.2. The molecule has 0 N–H and O–H groups in total. The fraction of sp³-hybridized carbons (Fsp3) is 0.462. The molecule has 0 radical (unpaired) electrons. The maximum absolute atomic E-state index is 12.4. The number of carbonyl (C=O) groups is 1. The van der Waals surface area contributed by atoms with Gasteiger partial charge in [-0.1, -0.05) is 0 Å². The van der Waals surface area contributed by atoms with Gasteiger partial charge in [0.2, 0.25) is 20.0 Å². The predicted molar refractivity (Wildman–Crippen MR) is 84.1 cm³/mol. The van der Waals surface area contributed by atoms with Crippen molar-refractivity contribution in [1.82, 2.24) is 8.61 Å². The highest BCUT2D eigenvalue weighted by Gasteiger charge is 2.30. The van der Waals surface area contributed by atoms with Crippen LogP contribution in [0.3, 0.4) is 0 Å². The molecule has 130 valence electrons. The van der Waals surface area contributed by atoms with Crippen molar-refractivity contribution in [3.8, 4) is 0 Å². The van der Waals surface area contributed by atoms with E-state index in [1.54, 1.807) is 6.92 Å². The third-order valence-electron chi connectivity index (χ3n) is 2.97. The molecule has 10 heteroatoms. The largest absolute Gasteiger partial charge is 0.462 e. The highest BCUT2D eigenvalue weighted by Crippen LogP contribution is 2.26. The van der Waals surface area contributed by atoms with E-state index < -0.39 is 35.8 Å². The topological polar surface area (TPSA) is 101 Å². The Hall–Kier alpha value is -1.49. The Morgan fingerprint density at radius 2 is 1.43 bits per heavy atom. The van der Waals surface area contributed by atoms with Crippen molar-refractivity contribution in [2.45, 2.75) is 16.7 Å². The molecule has 0 saturated heterocycles. The van der Waals surface area contributed by atoms with Crippen LogP contribution in [-0.2, 0) is 24.8 Å². The minimum Gasteiger partial charge on any atom is -0.462 e. The Morgan fingerprint density at radius 3 is 1.87 bits per heavy atom. The van der Waals surface area contributed by atoms with Crippen LogP contribution in [0, 0.1) is 0 Å². The van der Waals surface area contributed by atoms with E-state index in [4.69, 9.17) is 4.74 Å². The van der Waals surface area contributed by atoms with Crippen LogP contribution in [-0.4, -0.2) is 66.2 Å². The third kappa shape index (κ3) is 3.89. The number of hydrogen-bond donors (Lipinski definition) is 0. The number of hydrogen-bond acceptors (Lipinski definition) is 6. The van der Waals surface area contributed by atoms with Gasteiger partial charge in [-0.05, 0) is 25.1 Å². The van der Waals surface area contributed by atoms with E-state index in [0.29, 0.717) is 0 Å². The van der Waals surface area contributed by atoms with Crippen molar-refractivity contribution in [3.05, 3.63) is 23.8 Å².